The highest BCUT2D eigenvalue weighted by Gasteiger charge is 2.23. The Balaban J connectivity index is 1.44. The molecule has 0 N–H and O–H groups in total. The summed E-state index contributed by atoms with van der Waals surface area (Å²) in [5.41, 5.74) is 0.554. The van der Waals surface area contributed by atoms with Gasteiger partial charge in [0.15, 0.2) is 0 Å². The molecule has 6 nitrogen and oxygen atoms in total. The summed E-state index contributed by atoms with van der Waals surface area (Å²) >= 11 is 6.36. The number of hydrogen-bond acceptors (Lipinski definition) is 6. The number of ether oxygens (including phenoxy) is 4. The van der Waals surface area contributed by atoms with Gasteiger partial charge < -0.3 is 18.9 Å². The number of nitrogens with zero attached hydrogens (tertiary/aromatic N) is 2. The Bertz CT molecular complexity index is 1050. The van der Waals surface area contributed by atoms with Gasteiger partial charge in [0, 0.05) is 38.0 Å². The van der Waals surface area contributed by atoms with Crippen molar-refractivity contribution in [2.24, 2.45) is 0 Å². The quantitative estimate of drug-likeness (QED) is 0.446. The number of rotatable bonds is 8. The number of hydrogen-bond donors (Lipinski definition) is 0. The molecule has 0 amide bonds. The highest BCUT2D eigenvalue weighted by atomic mass is 35.5. The first-order valence-corrected chi connectivity index (χ1v) is 10.6. The molecule has 1 aliphatic rings. The smallest absolute Gasteiger partial charge is 0.394 e. The standard InChI is InChI=1S/C23H23ClF2N2O4/c1-23(25,26)32-17-4-2-16(3-5-17)31-21-9-6-18-20(8-7-19(24)22(18)27-21)30-15-12-28-10-13-29-14-11-28/h2-9H,10-15H2,1H3. The van der Waals surface area contributed by atoms with Gasteiger partial charge in [0.05, 0.1) is 23.8 Å². The molecule has 9 heteroatoms. The van der Waals surface area contributed by atoms with Crippen molar-refractivity contribution >= 4 is 22.5 Å². The van der Waals surface area contributed by atoms with Crippen molar-refractivity contribution in [3.05, 3.63) is 53.6 Å². The van der Waals surface area contributed by atoms with Crippen LogP contribution in [-0.4, -0.2) is 55.4 Å². The van der Waals surface area contributed by atoms with Crippen LogP contribution in [0.2, 0.25) is 5.02 Å². The fourth-order valence-corrected chi connectivity index (χ4v) is 3.54. The van der Waals surface area contributed by atoms with E-state index in [4.69, 9.17) is 25.8 Å². The van der Waals surface area contributed by atoms with E-state index < -0.39 is 6.11 Å². The lowest BCUT2D eigenvalue weighted by molar-refractivity contribution is -0.158. The van der Waals surface area contributed by atoms with Crippen LogP contribution in [0.15, 0.2) is 48.5 Å². The van der Waals surface area contributed by atoms with Crippen molar-refractivity contribution in [1.29, 1.82) is 0 Å². The van der Waals surface area contributed by atoms with Crippen molar-refractivity contribution < 1.29 is 27.7 Å². The van der Waals surface area contributed by atoms with Crippen LogP contribution in [0, 0.1) is 0 Å². The van der Waals surface area contributed by atoms with Crippen molar-refractivity contribution in [2.45, 2.75) is 13.0 Å². The molecule has 0 bridgehead atoms. The van der Waals surface area contributed by atoms with E-state index in [1.807, 2.05) is 12.1 Å². The van der Waals surface area contributed by atoms with Crippen LogP contribution in [0.3, 0.4) is 0 Å². The Morgan fingerprint density at radius 3 is 2.47 bits per heavy atom. The average Bonchev–Trinajstić information content (AvgIpc) is 2.77. The van der Waals surface area contributed by atoms with Crippen LogP contribution in [0.25, 0.3) is 10.9 Å². The normalized spacial score (nSPS) is 15.0. The molecule has 2 heterocycles. The number of fused-ring (bicyclic) bond motifs is 1. The predicted molar refractivity (Wildman–Crippen MR) is 117 cm³/mol. The Labute approximate surface area is 189 Å². The van der Waals surface area contributed by atoms with E-state index in [0.29, 0.717) is 41.4 Å². The SMILES string of the molecule is CC(F)(F)Oc1ccc(Oc2ccc3c(OCCN4CCOCC4)ccc(Cl)c3n2)cc1. The van der Waals surface area contributed by atoms with E-state index in [-0.39, 0.29) is 5.75 Å². The molecule has 1 fully saturated rings. The summed E-state index contributed by atoms with van der Waals surface area (Å²) in [6.45, 7) is 5.34. The zero-order valence-corrected chi connectivity index (χ0v) is 18.3. The first-order valence-electron chi connectivity index (χ1n) is 10.2. The third-order valence-electron chi connectivity index (χ3n) is 4.85. The van der Waals surface area contributed by atoms with E-state index in [0.717, 1.165) is 38.2 Å². The number of alkyl halides is 2. The van der Waals surface area contributed by atoms with Gasteiger partial charge in [-0.25, -0.2) is 4.98 Å². The molecule has 1 aromatic heterocycles. The molecule has 3 aromatic rings. The van der Waals surface area contributed by atoms with E-state index in [1.165, 1.54) is 24.3 Å². The van der Waals surface area contributed by atoms with Gasteiger partial charge in [-0.2, -0.15) is 8.78 Å². The number of aromatic nitrogens is 1. The summed E-state index contributed by atoms with van der Waals surface area (Å²) in [5.74, 6) is 1.48. The lowest BCUT2D eigenvalue weighted by Gasteiger charge is -2.26. The molecule has 0 saturated carbocycles. The number of morpholine rings is 1. The topological polar surface area (TPSA) is 53.0 Å². The fourth-order valence-electron chi connectivity index (χ4n) is 3.34. The van der Waals surface area contributed by atoms with Gasteiger partial charge in [-0.05, 0) is 42.5 Å². The molecule has 0 radical (unpaired) electrons. The molecular weight excluding hydrogens is 442 g/mol. The molecule has 0 aliphatic carbocycles. The summed E-state index contributed by atoms with van der Waals surface area (Å²) in [5, 5.41) is 1.25. The zero-order valence-electron chi connectivity index (χ0n) is 17.5. The molecule has 32 heavy (non-hydrogen) atoms. The lowest BCUT2D eigenvalue weighted by Crippen LogP contribution is -2.38. The molecule has 0 unspecified atom stereocenters. The summed E-state index contributed by atoms with van der Waals surface area (Å²) in [6.07, 6.45) is -3.25. The Morgan fingerprint density at radius 2 is 1.75 bits per heavy atom. The van der Waals surface area contributed by atoms with Gasteiger partial charge in [-0.3, -0.25) is 4.90 Å². The minimum Gasteiger partial charge on any atom is -0.492 e. The van der Waals surface area contributed by atoms with Gasteiger partial charge >= 0.3 is 6.11 Å². The van der Waals surface area contributed by atoms with E-state index in [2.05, 4.69) is 14.6 Å². The lowest BCUT2D eigenvalue weighted by atomic mass is 10.2. The first-order chi connectivity index (χ1) is 15.4. The third kappa shape index (κ3) is 5.97. The second-order valence-electron chi connectivity index (χ2n) is 7.38. The molecule has 170 valence electrons. The van der Waals surface area contributed by atoms with Crippen molar-refractivity contribution in [3.8, 4) is 23.1 Å². The fraction of sp³-hybridized carbons (Fsp3) is 0.348. The van der Waals surface area contributed by atoms with Gasteiger partial charge in [0.25, 0.3) is 0 Å². The molecule has 4 rings (SSSR count). The zero-order chi connectivity index (χ0) is 22.6. The Morgan fingerprint density at radius 1 is 1.03 bits per heavy atom. The summed E-state index contributed by atoms with van der Waals surface area (Å²) < 4.78 is 47.5. The third-order valence-corrected chi connectivity index (χ3v) is 5.16. The first kappa shape index (κ1) is 22.5. The van der Waals surface area contributed by atoms with Gasteiger partial charge in [-0.1, -0.05) is 11.6 Å². The highest BCUT2D eigenvalue weighted by Crippen LogP contribution is 2.33. The van der Waals surface area contributed by atoms with E-state index in [1.54, 1.807) is 12.1 Å². The van der Waals surface area contributed by atoms with E-state index >= 15 is 0 Å². The van der Waals surface area contributed by atoms with Gasteiger partial charge in [0.1, 0.15) is 23.9 Å². The van der Waals surface area contributed by atoms with E-state index in [9.17, 15) is 8.78 Å². The Hall–Kier alpha value is -2.68. The second-order valence-corrected chi connectivity index (χ2v) is 7.78. The van der Waals surface area contributed by atoms with Crippen molar-refractivity contribution in [2.75, 3.05) is 39.5 Å². The largest absolute Gasteiger partial charge is 0.492 e. The average molecular weight is 465 g/mol. The van der Waals surface area contributed by atoms with Gasteiger partial charge in [0.2, 0.25) is 5.88 Å². The number of benzene rings is 2. The summed E-state index contributed by atoms with van der Waals surface area (Å²) in [4.78, 5) is 6.79. The number of pyridine rings is 1. The van der Waals surface area contributed by atoms with Crippen LogP contribution in [-0.2, 0) is 4.74 Å². The molecule has 0 atom stereocenters. The molecule has 1 saturated heterocycles. The second kappa shape index (κ2) is 9.85. The molecule has 2 aromatic carbocycles. The maximum atomic E-state index is 13.0. The van der Waals surface area contributed by atoms with Crippen LogP contribution in [0.4, 0.5) is 8.78 Å². The maximum absolute atomic E-state index is 13.0. The minimum absolute atomic E-state index is 0.0400. The summed E-state index contributed by atoms with van der Waals surface area (Å²) in [6, 6.07) is 13.0. The van der Waals surface area contributed by atoms with Gasteiger partial charge in [-0.15, -0.1) is 0 Å². The molecule has 0 spiro atoms. The predicted octanol–water partition coefficient (Wildman–Crippen LogP) is 5.38. The van der Waals surface area contributed by atoms with Crippen LogP contribution in [0.1, 0.15) is 6.92 Å². The summed E-state index contributed by atoms with van der Waals surface area (Å²) in [7, 11) is 0. The molecule has 1 aliphatic heterocycles. The monoisotopic (exact) mass is 464 g/mol. The molecular formula is C23H23ClF2N2O4. The Kier molecular flexibility index (Phi) is 6.93. The van der Waals surface area contributed by atoms with Crippen LogP contribution < -0.4 is 14.2 Å². The van der Waals surface area contributed by atoms with Crippen molar-refractivity contribution in [1.82, 2.24) is 9.88 Å². The van der Waals surface area contributed by atoms with Crippen LogP contribution >= 0.6 is 11.6 Å². The number of halogens is 3. The minimum atomic E-state index is -3.25. The van der Waals surface area contributed by atoms with Crippen molar-refractivity contribution in [3.63, 3.8) is 0 Å². The maximum Gasteiger partial charge on any atom is 0.394 e. The highest BCUT2D eigenvalue weighted by molar-refractivity contribution is 6.35. The van der Waals surface area contributed by atoms with Crippen LogP contribution in [0.5, 0.6) is 23.1 Å².